The summed E-state index contributed by atoms with van der Waals surface area (Å²) in [6.45, 7) is 0. The van der Waals surface area contributed by atoms with Gasteiger partial charge in [0.25, 0.3) is 20.2 Å². The Balaban J connectivity index is 2.03. The standard InChI is InChI=1S/C14H16N2O8S2/c17-7-11-8-3-1-2-4-9(8)14(26(22,23)24)16(11)10-5-6-12(15-13(10)18)25(19,20)21/h1-4,7,10-12,14H,5-6H2,(H,15,18)(H,19,20,21)(H,22,23,24). The highest BCUT2D eigenvalue weighted by molar-refractivity contribution is 7.86. The monoisotopic (exact) mass is 404 g/mol. The Morgan fingerprint density at radius 2 is 1.65 bits per heavy atom. The van der Waals surface area contributed by atoms with Gasteiger partial charge in [-0.2, -0.15) is 16.8 Å². The third-order valence-electron chi connectivity index (χ3n) is 4.61. The van der Waals surface area contributed by atoms with Crippen molar-refractivity contribution >= 4 is 32.4 Å². The first-order valence-corrected chi connectivity index (χ1v) is 10.6. The van der Waals surface area contributed by atoms with Gasteiger partial charge >= 0.3 is 0 Å². The van der Waals surface area contributed by atoms with E-state index >= 15 is 0 Å². The summed E-state index contributed by atoms with van der Waals surface area (Å²) in [7, 11) is -9.21. The summed E-state index contributed by atoms with van der Waals surface area (Å²) in [4.78, 5) is 25.1. The molecule has 0 radical (unpaired) electrons. The van der Waals surface area contributed by atoms with Crippen LogP contribution in [0.3, 0.4) is 0 Å². The molecular formula is C14H16N2O8S2. The number of carbonyl (C=O) groups is 2. The fourth-order valence-electron chi connectivity index (χ4n) is 3.56. The predicted molar refractivity (Wildman–Crippen MR) is 87.9 cm³/mol. The van der Waals surface area contributed by atoms with Crippen LogP contribution in [0.4, 0.5) is 0 Å². The van der Waals surface area contributed by atoms with Gasteiger partial charge in [-0.15, -0.1) is 0 Å². The first-order valence-electron chi connectivity index (χ1n) is 7.60. The average molecular weight is 404 g/mol. The van der Waals surface area contributed by atoms with E-state index < -0.39 is 49.0 Å². The van der Waals surface area contributed by atoms with Crippen molar-refractivity contribution in [3.63, 3.8) is 0 Å². The lowest BCUT2D eigenvalue weighted by atomic mass is 10.0. The number of hydrogen-bond donors (Lipinski definition) is 3. The van der Waals surface area contributed by atoms with Crippen molar-refractivity contribution in [1.82, 2.24) is 10.2 Å². The number of carbonyl (C=O) groups excluding carboxylic acids is 2. The molecule has 3 N–H and O–H groups in total. The minimum Gasteiger partial charge on any atom is -0.336 e. The molecule has 3 rings (SSSR count). The van der Waals surface area contributed by atoms with Crippen molar-refractivity contribution in [2.75, 3.05) is 0 Å². The highest BCUT2D eigenvalue weighted by Crippen LogP contribution is 2.46. The first-order chi connectivity index (χ1) is 12.1. The summed E-state index contributed by atoms with van der Waals surface area (Å²) in [6.07, 6.45) is 0.165. The third kappa shape index (κ3) is 3.14. The number of amides is 1. The number of hydrogen-bond acceptors (Lipinski definition) is 7. The second-order valence-corrected chi connectivity index (χ2v) is 9.21. The molecule has 1 amide bonds. The highest BCUT2D eigenvalue weighted by atomic mass is 32.2. The van der Waals surface area contributed by atoms with E-state index in [1.54, 1.807) is 6.07 Å². The van der Waals surface area contributed by atoms with Crippen molar-refractivity contribution in [3.8, 4) is 0 Å². The summed E-state index contributed by atoms with van der Waals surface area (Å²) in [5.41, 5.74) is 0.520. The SMILES string of the molecule is O=CC1c2ccccc2C(S(=O)(=O)O)N1C1CCC(S(=O)(=O)O)NC1=O. The molecule has 1 saturated heterocycles. The Labute approximate surface area is 149 Å². The third-order valence-corrected chi connectivity index (χ3v) is 6.75. The molecule has 2 heterocycles. The van der Waals surface area contributed by atoms with Gasteiger partial charge in [0.2, 0.25) is 5.91 Å². The molecule has 0 aromatic heterocycles. The topological polar surface area (TPSA) is 158 Å². The number of aldehydes is 1. The number of benzene rings is 1. The largest absolute Gasteiger partial charge is 0.336 e. The molecule has 2 aliphatic heterocycles. The lowest BCUT2D eigenvalue weighted by Gasteiger charge is -2.37. The van der Waals surface area contributed by atoms with Gasteiger partial charge in [-0.1, -0.05) is 24.3 Å². The van der Waals surface area contributed by atoms with Gasteiger partial charge in [0, 0.05) is 0 Å². The van der Waals surface area contributed by atoms with Crippen LogP contribution < -0.4 is 5.32 Å². The fourth-order valence-corrected chi connectivity index (χ4v) is 5.38. The van der Waals surface area contributed by atoms with Crippen LogP contribution in [-0.4, -0.2) is 54.5 Å². The summed E-state index contributed by atoms with van der Waals surface area (Å²) in [6, 6.07) is 3.81. The second kappa shape index (κ2) is 6.39. The van der Waals surface area contributed by atoms with Crippen LogP contribution >= 0.6 is 0 Å². The zero-order valence-corrected chi connectivity index (χ0v) is 14.9. The summed E-state index contributed by atoms with van der Waals surface area (Å²) < 4.78 is 65.2. The molecule has 0 spiro atoms. The van der Waals surface area contributed by atoms with Gasteiger partial charge in [0.1, 0.15) is 6.29 Å². The maximum Gasteiger partial charge on any atom is 0.286 e. The zero-order chi connectivity index (χ0) is 19.3. The lowest BCUT2D eigenvalue weighted by Crippen LogP contribution is -2.56. The van der Waals surface area contributed by atoms with Gasteiger partial charge in [0.05, 0.1) is 12.1 Å². The minimum atomic E-state index is -4.70. The molecular weight excluding hydrogens is 388 g/mol. The minimum absolute atomic E-state index is 0.124. The van der Waals surface area contributed by atoms with E-state index in [1.807, 2.05) is 0 Å². The molecule has 1 aromatic rings. The quantitative estimate of drug-likeness (QED) is 0.449. The smallest absolute Gasteiger partial charge is 0.286 e. The van der Waals surface area contributed by atoms with Crippen molar-refractivity contribution in [1.29, 1.82) is 0 Å². The molecule has 10 nitrogen and oxygen atoms in total. The Morgan fingerprint density at radius 1 is 1.04 bits per heavy atom. The number of rotatable bonds is 4. The molecule has 0 saturated carbocycles. The Bertz CT molecular complexity index is 959. The zero-order valence-electron chi connectivity index (χ0n) is 13.2. The Morgan fingerprint density at radius 3 is 2.15 bits per heavy atom. The number of nitrogens with zero attached hydrogens (tertiary/aromatic N) is 1. The molecule has 1 aromatic carbocycles. The van der Waals surface area contributed by atoms with Gasteiger partial charge in [-0.25, -0.2) is 0 Å². The second-order valence-electron chi connectivity index (χ2n) is 6.13. The maximum absolute atomic E-state index is 12.4. The van der Waals surface area contributed by atoms with Gasteiger partial charge in [0.15, 0.2) is 10.7 Å². The van der Waals surface area contributed by atoms with Gasteiger partial charge in [-0.3, -0.25) is 18.8 Å². The van der Waals surface area contributed by atoms with E-state index in [-0.39, 0.29) is 18.4 Å². The number of nitrogens with one attached hydrogen (secondary N) is 1. The molecule has 0 aliphatic carbocycles. The van der Waals surface area contributed by atoms with Gasteiger partial charge < -0.3 is 10.1 Å². The first kappa shape index (κ1) is 18.9. The van der Waals surface area contributed by atoms with Gasteiger partial charge in [-0.05, 0) is 24.0 Å². The van der Waals surface area contributed by atoms with E-state index in [4.69, 9.17) is 4.55 Å². The van der Waals surface area contributed by atoms with Crippen LogP contribution in [0, 0.1) is 0 Å². The van der Waals surface area contributed by atoms with Crippen molar-refractivity contribution in [2.45, 2.75) is 35.7 Å². The Kier molecular flexibility index (Phi) is 4.65. The van der Waals surface area contributed by atoms with E-state index in [0.29, 0.717) is 11.8 Å². The van der Waals surface area contributed by atoms with Crippen LogP contribution in [0.2, 0.25) is 0 Å². The lowest BCUT2D eigenvalue weighted by molar-refractivity contribution is -0.131. The number of piperidine rings is 1. The maximum atomic E-state index is 12.4. The highest BCUT2D eigenvalue weighted by Gasteiger charge is 2.51. The van der Waals surface area contributed by atoms with Crippen LogP contribution in [0.15, 0.2) is 24.3 Å². The van der Waals surface area contributed by atoms with Crippen molar-refractivity contribution in [2.24, 2.45) is 0 Å². The van der Waals surface area contributed by atoms with E-state index in [2.05, 4.69) is 5.32 Å². The molecule has 12 heteroatoms. The molecule has 26 heavy (non-hydrogen) atoms. The molecule has 142 valence electrons. The van der Waals surface area contributed by atoms with Crippen molar-refractivity contribution < 1.29 is 35.5 Å². The number of fused-ring (bicyclic) bond motifs is 1. The molecule has 4 unspecified atom stereocenters. The molecule has 0 bridgehead atoms. The van der Waals surface area contributed by atoms with E-state index in [9.17, 15) is 31.0 Å². The summed E-state index contributed by atoms with van der Waals surface area (Å²) >= 11 is 0. The van der Waals surface area contributed by atoms with E-state index in [0.717, 1.165) is 4.90 Å². The Hall–Kier alpha value is -1.86. The molecule has 4 atom stereocenters. The summed E-state index contributed by atoms with van der Waals surface area (Å²) in [5.74, 6) is -0.854. The van der Waals surface area contributed by atoms with Crippen LogP contribution in [0.1, 0.15) is 35.4 Å². The summed E-state index contributed by atoms with van der Waals surface area (Å²) in [5, 5.41) is -1.02. The molecule has 1 fully saturated rings. The van der Waals surface area contributed by atoms with E-state index in [1.165, 1.54) is 18.2 Å². The molecule has 2 aliphatic rings. The van der Waals surface area contributed by atoms with Crippen molar-refractivity contribution in [3.05, 3.63) is 35.4 Å². The van der Waals surface area contributed by atoms with Crippen LogP contribution in [0.25, 0.3) is 0 Å². The fraction of sp³-hybridized carbons (Fsp3) is 0.429. The average Bonchev–Trinajstić information content (AvgIpc) is 2.87. The van der Waals surface area contributed by atoms with Crippen LogP contribution in [-0.2, 0) is 29.8 Å². The predicted octanol–water partition coefficient (Wildman–Crippen LogP) is -0.379. The van der Waals surface area contributed by atoms with Crippen LogP contribution in [0.5, 0.6) is 0 Å². The normalized spacial score (nSPS) is 29.8.